The SMILES string of the molecule is CC.CC(=N)c1cc(C(=O)NC(C)c2ccccc2F)ccc1N. The summed E-state index contributed by atoms with van der Waals surface area (Å²) in [4.78, 5) is 12.3. The Balaban J connectivity index is 0.00000139. The molecule has 0 aromatic heterocycles. The number of rotatable bonds is 4. The van der Waals surface area contributed by atoms with Crippen molar-refractivity contribution in [1.29, 1.82) is 5.41 Å². The van der Waals surface area contributed by atoms with Crippen LogP contribution in [0.3, 0.4) is 0 Å². The van der Waals surface area contributed by atoms with E-state index in [-0.39, 0.29) is 17.4 Å². The first-order chi connectivity index (χ1) is 11.4. The van der Waals surface area contributed by atoms with Gasteiger partial charge in [-0.3, -0.25) is 4.79 Å². The van der Waals surface area contributed by atoms with Gasteiger partial charge in [0.2, 0.25) is 0 Å². The van der Waals surface area contributed by atoms with Crippen molar-refractivity contribution in [2.75, 3.05) is 5.73 Å². The zero-order chi connectivity index (χ0) is 18.3. The average molecular weight is 329 g/mol. The first-order valence-electron chi connectivity index (χ1n) is 7.90. The molecule has 2 rings (SSSR count). The van der Waals surface area contributed by atoms with Gasteiger partial charge < -0.3 is 16.5 Å². The van der Waals surface area contributed by atoms with Gasteiger partial charge in [-0.15, -0.1) is 0 Å². The van der Waals surface area contributed by atoms with Crippen LogP contribution in [0.2, 0.25) is 0 Å². The summed E-state index contributed by atoms with van der Waals surface area (Å²) < 4.78 is 13.7. The third-order valence-corrected chi connectivity index (χ3v) is 3.44. The molecule has 0 aliphatic rings. The van der Waals surface area contributed by atoms with Gasteiger partial charge in [0, 0.05) is 28.1 Å². The fourth-order valence-corrected chi connectivity index (χ4v) is 2.21. The molecule has 1 unspecified atom stereocenters. The molecule has 0 spiro atoms. The number of nitrogen functional groups attached to an aromatic ring is 1. The summed E-state index contributed by atoms with van der Waals surface area (Å²) in [6, 6.07) is 10.6. The van der Waals surface area contributed by atoms with Crippen molar-refractivity contribution in [2.45, 2.75) is 33.7 Å². The predicted molar refractivity (Wildman–Crippen MR) is 97.0 cm³/mol. The highest BCUT2D eigenvalue weighted by Gasteiger charge is 2.15. The first kappa shape index (κ1) is 19.4. The van der Waals surface area contributed by atoms with Gasteiger partial charge in [-0.05, 0) is 38.1 Å². The number of carbonyl (C=O) groups excluding carboxylic acids is 1. The maximum atomic E-state index is 13.7. The van der Waals surface area contributed by atoms with E-state index < -0.39 is 6.04 Å². The second-order valence-electron chi connectivity index (χ2n) is 5.14. The van der Waals surface area contributed by atoms with E-state index in [9.17, 15) is 9.18 Å². The van der Waals surface area contributed by atoms with Gasteiger partial charge in [-0.2, -0.15) is 0 Å². The van der Waals surface area contributed by atoms with Gasteiger partial charge in [0.25, 0.3) is 5.91 Å². The number of nitrogens with one attached hydrogen (secondary N) is 2. The van der Waals surface area contributed by atoms with Crippen molar-refractivity contribution in [2.24, 2.45) is 0 Å². The summed E-state index contributed by atoms with van der Waals surface area (Å²) in [5.41, 5.74) is 7.85. The number of hydrogen-bond acceptors (Lipinski definition) is 3. The lowest BCUT2D eigenvalue weighted by atomic mass is 10.0. The normalized spacial score (nSPS) is 11.0. The maximum Gasteiger partial charge on any atom is 0.251 e. The van der Waals surface area contributed by atoms with Crippen molar-refractivity contribution in [3.63, 3.8) is 0 Å². The summed E-state index contributed by atoms with van der Waals surface area (Å²) in [5, 5.41) is 10.4. The first-order valence-corrected chi connectivity index (χ1v) is 7.90. The Labute approximate surface area is 142 Å². The van der Waals surface area contributed by atoms with Crippen molar-refractivity contribution < 1.29 is 9.18 Å². The molecule has 0 aliphatic heterocycles. The van der Waals surface area contributed by atoms with E-state index in [1.807, 2.05) is 13.8 Å². The Morgan fingerprint density at radius 2 is 1.83 bits per heavy atom. The quantitative estimate of drug-likeness (QED) is 0.577. The molecule has 5 heteroatoms. The van der Waals surface area contributed by atoms with Crippen LogP contribution in [0.25, 0.3) is 0 Å². The van der Waals surface area contributed by atoms with Crippen LogP contribution in [0.4, 0.5) is 10.1 Å². The fraction of sp³-hybridized carbons (Fsp3) is 0.263. The Morgan fingerprint density at radius 1 is 1.21 bits per heavy atom. The van der Waals surface area contributed by atoms with Gasteiger partial charge >= 0.3 is 0 Å². The lowest BCUT2D eigenvalue weighted by Gasteiger charge is -2.15. The van der Waals surface area contributed by atoms with E-state index in [2.05, 4.69) is 5.32 Å². The van der Waals surface area contributed by atoms with Crippen molar-refractivity contribution in [1.82, 2.24) is 5.32 Å². The number of nitrogens with two attached hydrogens (primary N) is 1. The molecule has 1 amide bonds. The molecule has 1 atom stereocenters. The minimum atomic E-state index is -0.462. The summed E-state index contributed by atoms with van der Waals surface area (Å²) in [7, 11) is 0. The van der Waals surface area contributed by atoms with E-state index in [1.54, 1.807) is 50.2 Å². The molecular formula is C19H24FN3O. The molecule has 0 fully saturated rings. The lowest BCUT2D eigenvalue weighted by molar-refractivity contribution is 0.0939. The molecule has 0 radical (unpaired) electrons. The molecule has 4 N–H and O–H groups in total. The molecule has 0 aliphatic carbocycles. The molecule has 2 aromatic carbocycles. The van der Waals surface area contributed by atoms with E-state index in [0.29, 0.717) is 22.4 Å². The highest BCUT2D eigenvalue weighted by atomic mass is 19.1. The zero-order valence-corrected chi connectivity index (χ0v) is 14.5. The maximum absolute atomic E-state index is 13.7. The molecule has 0 saturated carbocycles. The third kappa shape index (κ3) is 4.65. The fourth-order valence-electron chi connectivity index (χ4n) is 2.21. The van der Waals surface area contributed by atoms with Gasteiger partial charge in [0.15, 0.2) is 0 Å². The van der Waals surface area contributed by atoms with E-state index in [1.165, 1.54) is 6.07 Å². The van der Waals surface area contributed by atoms with Crippen LogP contribution >= 0.6 is 0 Å². The molecular weight excluding hydrogens is 305 g/mol. The van der Waals surface area contributed by atoms with Crippen molar-refractivity contribution in [3.05, 3.63) is 65.0 Å². The lowest BCUT2D eigenvalue weighted by Crippen LogP contribution is -2.27. The highest BCUT2D eigenvalue weighted by Crippen LogP contribution is 2.18. The highest BCUT2D eigenvalue weighted by molar-refractivity contribution is 6.04. The number of benzene rings is 2. The molecule has 24 heavy (non-hydrogen) atoms. The second kappa shape index (κ2) is 8.82. The molecule has 4 nitrogen and oxygen atoms in total. The minimum absolute atomic E-state index is 0.286. The number of hydrogen-bond donors (Lipinski definition) is 3. The van der Waals surface area contributed by atoms with Crippen LogP contribution in [0, 0.1) is 11.2 Å². The third-order valence-electron chi connectivity index (χ3n) is 3.44. The molecule has 0 heterocycles. The standard InChI is InChI=1S/C17H18FN3O.C2H6/c1-10(19)14-9-12(7-8-16(14)20)17(22)21-11(2)13-5-3-4-6-15(13)18;1-2/h3-9,11,19H,20H2,1-2H3,(H,21,22);1-2H3. The van der Waals surface area contributed by atoms with Gasteiger partial charge in [-0.25, -0.2) is 4.39 Å². The van der Waals surface area contributed by atoms with Crippen LogP contribution < -0.4 is 11.1 Å². The average Bonchev–Trinajstić information content (AvgIpc) is 2.57. The van der Waals surface area contributed by atoms with Gasteiger partial charge in [-0.1, -0.05) is 32.0 Å². The van der Waals surface area contributed by atoms with Crippen LogP contribution in [-0.2, 0) is 0 Å². The van der Waals surface area contributed by atoms with Crippen LogP contribution in [-0.4, -0.2) is 11.6 Å². The number of anilines is 1. The molecule has 0 bridgehead atoms. The Hall–Kier alpha value is -2.69. The number of carbonyl (C=O) groups is 1. The molecule has 128 valence electrons. The van der Waals surface area contributed by atoms with Crippen molar-refractivity contribution in [3.8, 4) is 0 Å². The number of halogens is 1. The van der Waals surface area contributed by atoms with Crippen LogP contribution in [0.15, 0.2) is 42.5 Å². The zero-order valence-electron chi connectivity index (χ0n) is 14.5. The minimum Gasteiger partial charge on any atom is -0.398 e. The molecule has 0 saturated heterocycles. The Kier molecular flexibility index (Phi) is 7.11. The smallest absolute Gasteiger partial charge is 0.251 e. The van der Waals surface area contributed by atoms with Gasteiger partial charge in [0.1, 0.15) is 5.82 Å². The second-order valence-corrected chi connectivity index (χ2v) is 5.14. The van der Waals surface area contributed by atoms with E-state index >= 15 is 0 Å². The summed E-state index contributed by atoms with van der Waals surface area (Å²) in [6.07, 6.45) is 0. The van der Waals surface area contributed by atoms with Crippen LogP contribution in [0.1, 0.15) is 55.2 Å². The monoisotopic (exact) mass is 329 g/mol. The Morgan fingerprint density at radius 3 is 2.42 bits per heavy atom. The Bertz CT molecular complexity index is 728. The van der Waals surface area contributed by atoms with E-state index in [0.717, 1.165) is 0 Å². The summed E-state index contributed by atoms with van der Waals surface area (Å²) in [6.45, 7) is 7.33. The molecule has 2 aromatic rings. The summed E-state index contributed by atoms with van der Waals surface area (Å²) >= 11 is 0. The van der Waals surface area contributed by atoms with E-state index in [4.69, 9.17) is 11.1 Å². The number of amides is 1. The topological polar surface area (TPSA) is 79.0 Å². The van der Waals surface area contributed by atoms with Crippen molar-refractivity contribution >= 4 is 17.3 Å². The largest absolute Gasteiger partial charge is 0.398 e. The van der Waals surface area contributed by atoms with Gasteiger partial charge in [0.05, 0.1) is 6.04 Å². The van der Waals surface area contributed by atoms with Crippen LogP contribution in [0.5, 0.6) is 0 Å². The predicted octanol–water partition coefficient (Wildman–Crippen LogP) is 4.31. The summed E-state index contributed by atoms with van der Waals surface area (Å²) in [5.74, 6) is -0.693.